The molecule has 2 aromatic carbocycles. The number of carbonyl (C=O) groups is 1. The predicted octanol–water partition coefficient (Wildman–Crippen LogP) is 3.74. The number of morpholine rings is 1. The maximum atomic E-state index is 12.5. The van der Waals surface area contributed by atoms with Crippen LogP contribution >= 0.6 is 0 Å². The largest absolute Gasteiger partial charge is 0.398 e. The number of carbonyl (C=O) groups excluding carboxylic acids is 1. The zero-order chi connectivity index (χ0) is 24.7. The number of rotatable bonds is 1. The van der Waals surface area contributed by atoms with Gasteiger partial charge in [-0.2, -0.15) is 0 Å². The molecule has 9 heteroatoms. The zero-order valence-electron chi connectivity index (χ0n) is 20.3. The lowest BCUT2D eigenvalue weighted by Gasteiger charge is -2.31. The molecule has 0 spiro atoms. The first kappa shape index (κ1) is 24.0. The number of nitrogens with zero attached hydrogens (tertiary/aromatic N) is 3. The minimum Gasteiger partial charge on any atom is -0.398 e. The molecular weight excluding hydrogens is 456 g/mol. The lowest BCUT2D eigenvalue weighted by atomic mass is 10.1. The molecule has 36 heavy (non-hydrogen) atoms. The summed E-state index contributed by atoms with van der Waals surface area (Å²) in [5.41, 5.74) is 11.9. The van der Waals surface area contributed by atoms with Gasteiger partial charge in [0, 0.05) is 66.2 Å². The van der Waals surface area contributed by atoms with Crippen LogP contribution in [0.25, 0.3) is 11.3 Å². The molecule has 0 atom stereocenters. The molecule has 0 radical (unpaired) electrons. The maximum Gasteiger partial charge on any atom is 0.251 e. The molecule has 4 N–H and O–H groups in total. The van der Waals surface area contributed by atoms with Crippen molar-refractivity contribution in [3.63, 3.8) is 0 Å². The van der Waals surface area contributed by atoms with Gasteiger partial charge in [-0.05, 0) is 61.7 Å². The van der Waals surface area contributed by atoms with Gasteiger partial charge >= 0.3 is 0 Å². The van der Waals surface area contributed by atoms with Gasteiger partial charge in [-0.1, -0.05) is 0 Å². The number of nitrogens with one attached hydrogen (secondary N) is 2. The fourth-order valence-electron chi connectivity index (χ4n) is 4.52. The highest BCUT2D eigenvalue weighted by atomic mass is 16.5. The number of nitrogen functional groups attached to an aromatic ring is 1. The van der Waals surface area contributed by atoms with E-state index in [1.165, 1.54) is 0 Å². The Balaban J connectivity index is 1.45. The van der Waals surface area contributed by atoms with E-state index < -0.39 is 0 Å². The zero-order valence-corrected chi connectivity index (χ0v) is 20.3. The Morgan fingerprint density at radius 1 is 0.944 bits per heavy atom. The molecule has 6 rings (SSSR count). The maximum absolute atomic E-state index is 12.5. The number of aromatic nitrogens is 2. The van der Waals surface area contributed by atoms with Crippen molar-refractivity contribution in [1.82, 2.24) is 15.3 Å². The van der Waals surface area contributed by atoms with Crippen molar-refractivity contribution in [1.29, 1.82) is 0 Å². The van der Waals surface area contributed by atoms with E-state index >= 15 is 0 Å². The van der Waals surface area contributed by atoms with Gasteiger partial charge in [-0.3, -0.25) is 4.79 Å². The van der Waals surface area contributed by atoms with E-state index in [1.54, 1.807) is 18.3 Å². The molecule has 0 saturated carbocycles. The first-order valence-electron chi connectivity index (χ1n) is 12.5. The number of anilines is 4. The van der Waals surface area contributed by atoms with E-state index in [0.29, 0.717) is 42.7 Å². The molecule has 1 amide bonds. The number of nitrogens with two attached hydrogens (primary N) is 1. The molecule has 1 aromatic heterocycles. The van der Waals surface area contributed by atoms with E-state index in [4.69, 9.17) is 15.2 Å². The standard InChI is InChI=1S/C27H32N6O3/c28-23-17-19-4-6-22(23)24-8-10-30-27(32-24)31-21-5-7-25(33-11-14-35-15-12-33)20(16-21)18-36-13-3-1-2-9-29-26(19)34/h4-8,10,16-17H,1-3,9,11-15,18,28H2,(H,29,34)(H,30,31,32). The van der Waals surface area contributed by atoms with Crippen LogP contribution < -0.4 is 21.3 Å². The van der Waals surface area contributed by atoms with E-state index in [9.17, 15) is 4.79 Å². The van der Waals surface area contributed by atoms with Gasteiger partial charge in [0.05, 0.1) is 25.5 Å². The van der Waals surface area contributed by atoms with Crippen LogP contribution in [0.4, 0.5) is 23.0 Å². The molecule has 9 nitrogen and oxygen atoms in total. The third kappa shape index (κ3) is 5.75. The molecule has 1 saturated heterocycles. The van der Waals surface area contributed by atoms with Gasteiger partial charge in [0.1, 0.15) is 0 Å². The molecule has 3 aliphatic heterocycles. The van der Waals surface area contributed by atoms with Gasteiger partial charge in [0.2, 0.25) is 5.95 Å². The van der Waals surface area contributed by atoms with Crippen LogP contribution in [-0.2, 0) is 16.1 Å². The van der Waals surface area contributed by atoms with Crippen molar-refractivity contribution >= 4 is 28.9 Å². The Morgan fingerprint density at radius 3 is 2.69 bits per heavy atom. The van der Waals surface area contributed by atoms with E-state index in [-0.39, 0.29) is 5.91 Å². The Bertz CT molecular complexity index is 1210. The summed E-state index contributed by atoms with van der Waals surface area (Å²) in [7, 11) is 0. The van der Waals surface area contributed by atoms with Gasteiger partial charge in [-0.15, -0.1) is 0 Å². The fraction of sp³-hybridized carbons (Fsp3) is 0.370. The third-order valence-corrected chi connectivity index (χ3v) is 6.44. The fourth-order valence-corrected chi connectivity index (χ4v) is 4.52. The van der Waals surface area contributed by atoms with Gasteiger partial charge in [0.25, 0.3) is 5.91 Å². The second-order valence-electron chi connectivity index (χ2n) is 9.00. The van der Waals surface area contributed by atoms with Crippen LogP contribution in [0.15, 0.2) is 48.7 Å². The molecule has 0 unspecified atom stereocenters. The van der Waals surface area contributed by atoms with Gasteiger partial charge in [-0.25, -0.2) is 9.97 Å². The van der Waals surface area contributed by atoms with Crippen LogP contribution in [0.3, 0.4) is 0 Å². The number of hydrogen-bond acceptors (Lipinski definition) is 8. The van der Waals surface area contributed by atoms with Crippen molar-refractivity contribution in [2.24, 2.45) is 0 Å². The summed E-state index contributed by atoms with van der Waals surface area (Å²) in [6, 6.07) is 13.4. The normalized spacial score (nSPS) is 17.2. The van der Waals surface area contributed by atoms with E-state index in [0.717, 1.165) is 68.1 Å². The average Bonchev–Trinajstić information content (AvgIpc) is 2.90. The molecular formula is C27H32N6O3. The second kappa shape index (κ2) is 11.4. The van der Waals surface area contributed by atoms with E-state index in [1.807, 2.05) is 18.2 Å². The average molecular weight is 489 g/mol. The predicted molar refractivity (Wildman–Crippen MR) is 140 cm³/mol. The molecule has 1 fully saturated rings. The summed E-state index contributed by atoms with van der Waals surface area (Å²) >= 11 is 0. The van der Waals surface area contributed by atoms with Crippen molar-refractivity contribution in [2.45, 2.75) is 25.9 Å². The summed E-state index contributed by atoms with van der Waals surface area (Å²) < 4.78 is 11.6. The smallest absolute Gasteiger partial charge is 0.251 e. The van der Waals surface area contributed by atoms with Crippen molar-refractivity contribution in [3.05, 3.63) is 59.8 Å². The minimum absolute atomic E-state index is 0.127. The highest BCUT2D eigenvalue weighted by Crippen LogP contribution is 2.29. The Labute approximate surface area is 211 Å². The SMILES string of the molecule is Nc1cc2ccc1-c1ccnc(n1)Nc1ccc(N3CCOCC3)c(c1)COCCCCCNC2=O. The highest BCUT2D eigenvalue weighted by molar-refractivity contribution is 5.96. The van der Waals surface area contributed by atoms with Crippen molar-refractivity contribution < 1.29 is 14.3 Å². The number of fused-ring (bicyclic) bond motifs is 10. The second-order valence-corrected chi connectivity index (χ2v) is 9.00. The molecule has 4 heterocycles. The first-order chi connectivity index (χ1) is 17.7. The van der Waals surface area contributed by atoms with Crippen LogP contribution in [0.2, 0.25) is 0 Å². The Hall–Kier alpha value is -3.69. The van der Waals surface area contributed by atoms with Gasteiger partial charge < -0.3 is 30.7 Å². The topological polar surface area (TPSA) is 115 Å². The number of amides is 1. The molecule has 6 bridgehead atoms. The molecule has 3 aromatic rings. The van der Waals surface area contributed by atoms with Crippen LogP contribution in [-0.4, -0.2) is 55.3 Å². The highest BCUT2D eigenvalue weighted by Gasteiger charge is 2.16. The first-order valence-corrected chi connectivity index (χ1v) is 12.5. The summed E-state index contributed by atoms with van der Waals surface area (Å²) in [6.45, 7) is 4.96. The summed E-state index contributed by atoms with van der Waals surface area (Å²) in [5.74, 6) is 0.340. The number of hydrogen-bond donors (Lipinski definition) is 3. The van der Waals surface area contributed by atoms with Crippen molar-refractivity contribution in [3.8, 4) is 11.3 Å². The van der Waals surface area contributed by atoms with Crippen LogP contribution in [0.1, 0.15) is 35.2 Å². The lowest BCUT2D eigenvalue weighted by molar-refractivity contribution is 0.0951. The summed E-state index contributed by atoms with van der Waals surface area (Å²) in [4.78, 5) is 24.0. The monoisotopic (exact) mass is 488 g/mol. The summed E-state index contributed by atoms with van der Waals surface area (Å²) in [5, 5.41) is 6.30. The quantitative estimate of drug-likeness (QED) is 0.444. The summed E-state index contributed by atoms with van der Waals surface area (Å²) in [6.07, 6.45) is 4.50. The minimum atomic E-state index is -0.127. The van der Waals surface area contributed by atoms with E-state index in [2.05, 4.69) is 37.6 Å². The Kier molecular flexibility index (Phi) is 7.58. The molecule has 3 aliphatic rings. The third-order valence-electron chi connectivity index (χ3n) is 6.44. The lowest BCUT2D eigenvalue weighted by Crippen LogP contribution is -2.36. The number of ether oxygens (including phenoxy) is 2. The van der Waals surface area contributed by atoms with Crippen LogP contribution in [0, 0.1) is 0 Å². The molecule has 188 valence electrons. The van der Waals surface area contributed by atoms with Crippen molar-refractivity contribution in [2.75, 3.05) is 55.4 Å². The van der Waals surface area contributed by atoms with Crippen LogP contribution in [0.5, 0.6) is 0 Å². The number of benzene rings is 2. The Morgan fingerprint density at radius 2 is 1.83 bits per heavy atom. The molecule has 0 aliphatic carbocycles. The van der Waals surface area contributed by atoms with Gasteiger partial charge in [0.15, 0.2) is 0 Å².